The Kier molecular flexibility index (Phi) is 5.29. The van der Waals surface area contributed by atoms with Crippen molar-refractivity contribution in [1.29, 1.82) is 0 Å². The van der Waals surface area contributed by atoms with Crippen LogP contribution in [0.5, 0.6) is 5.75 Å². The molecule has 0 fully saturated rings. The molecular weight excluding hydrogens is 266 g/mol. The molecule has 0 bridgehead atoms. The number of nitrogens with two attached hydrogens (primary N) is 1. The van der Waals surface area contributed by atoms with Gasteiger partial charge in [-0.15, -0.1) is 0 Å². The summed E-state index contributed by atoms with van der Waals surface area (Å²) >= 11 is 3.48. The molecule has 0 heterocycles. The number of rotatable bonds is 5. The van der Waals surface area contributed by atoms with Crippen molar-refractivity contribution in [2.45, 2.75) is 46.3 Å². The van der Waals surface area contributed by atoms with Crippen molar-refractivity contribution < 1.29 is 4.74 Å². The molecule has 16 heavy (non-hydrogen) atoms. The van der Waals surface area contributed by atoms with E-state index in [2.05, 4.69) is 42.8 Å². The molecule has 0 aromatic heterocycles. The highest BCUT2D eigenvalue weighted by Crippen LogP contribution is 2.29. The lowest BCUT2D eigenvalue weighted by molar-refractivity contribution is 0.189. The summed E-state index contributed by atoms with van der Waals surface area (Å²) in [5.74, 6) is 0.958. The average Bonchev–Trinajstić information content (AvgIpc) is 2.27. The van der Waals surface area contributed by atoms with Gasteiger partial charge >= 0.3 is 0 Å². The van der Waals surface area contributed by atoms with E-state index >= 15 is 0 Å². The van der Waals surface area contributed by atoms with Crippen LogP contribution in [0.15, 0.2) is 16.6 Å². The fourth-order valence-electron chi connectivity index (χ4n) is 1.74. The van der Waals surface area contributed by atoms with Gasteiger partial charge in [-0.25, -0.2) is 0 Å². The highest BCUT2D eigenvalue weighted by Gasteiger charge is 2.12. The quantitative estimate of drug-likeness (QED) is 0.894. The van der Waals surface area contributed by atoms with Crippen molar-refractivity contribution in [3.8, 4) is 5.75 Å². The maximum absolute atomic E-state index is 6.02. The van der Waals surface area contributed by atoms with E-state index in [9.17, 15) is 0 Å². The fraction of sp³-hybridized carbons (Fsp3) is 0.538. The van der Waals surface area contributed by atoms with Gasteiger partial charge < -0.3 is 10.5 Å². The highest BCUT2D eigenvalue weighted by atomic mass is 79.9. The molecule has 0 unspecified atom stereocenters. The SMILES string of the molecule is CCC(CC)Oc1c(C)cc(Br)cc1CN. The number of aryl methyl sites for hydroxylation is 1. The molecular formula is C13H20BrNO. The molecule has 0 saturated heterocycles. The van der Waals surface area contributed by atoms with Crippen LogP contribution in [0.3, 0.4) is 0 Å². The number of benzene rings is 1. The fourth-order valence-corrected chi connectivity index (χ4v) is 2.36. The van der Waals surface area contributed by atoms with Crippen molar-refractivity contribution in [2.75, 3.05) is 0 Å². The van der Waals surface area contributed by atoms with E-state index in [4.69, 9.17) is 10.5 Å². The molecule has 1 rings (SSSR count). The summed E-state index contributed by atoms with van der Waals surface area (Å²) in [6.45, 7) is 6.85. The molecule has 2 nitrogen and oxygen atoms in total. The third kappa shape index (κ3) is 3.22. The van der Waals surface area contributed by atoms with Crippen molar-refractivity contribution in [3.63, 3.8) is 0 Å². The minimum atomic E-state index is 0.283. The highest BCUT2D eigenvalue weighted by molar-refractivity contribution is 9.10. The van der Waals surface area contributed by atoms with Gasteiger partial charge in [-0.05, 0) is 37.5 Å². The van der Waals surface area contributed by atoms with Crippen LogP contribution in [-0.2, 0) is 6.54 Å². The molecule has 90 valence electrons. The predicted molar refractivity (Wildman–Crippen MR) is 71.8 cm³/mol. The van der Waals surface area contributed by atoms with Crippen LogP contribution in [0, 0.1) is 6.92 Å². The Morgan fingerprint density at radius 3 is 2.44 bits per heavy atom. The number of hydrogen-bond donors (Lipinski definition) is 1. The topological polar surface area (TPSA) is 35.2 Å². The van der Waals surface area contributed by atoms with E-state index in [1.54, 1.807) is 0 Å². The van der Waals surface area contributed by atoms with Gasteiger partial charge in [0.05, 0.1) is 6.10 Å². The Balaban J connectivity index is 3.01. The summed E-state index contributed by atoms with van der Waals surface area (Å²) < 4.78 is 7.08. The average molecular weight is 286 g/mol. The van der Waals surface area contributed by atoms with E-state index in [0.717, 1.165) is 34.2 Å². The molecule has 3 heteroatoms. The lowest BCUT2D eigenvalue weighted by Crippen LogP contribution is -2.16. The molecule has 1 aromatic carbocycles. The summed E-state index contributed by atoms with van der Waals surface area (Å²) in [4.78, 5) is 0. The van der Waals surface area contributed by atoms with Crippen LogP contribution in [0.1, 0.15) is 37.8 Å². The van der Waals surface area contributed by atoms with E-state index in [0.29, 0.717) is 6.54 Å². The van der Waals surface area contributed by atoms with Crippen LogP contribution in [0.2, 0.25) is 0 Å². The molecule has 0 amide bonds. The molecule has 0 aliphatic carbocycles. The standard InChI is InChI=1S/C13H20BrNO/c1-4-12(5-2)16-13-9(3)6-11(14)7-10(13)8-15/h6-7,12H,4-5,8,15H2,1-3H3. The largest absolute Gasteiger partial charge is 0.490 e. The van der Waals surface area contributed by atoms with Crippen molar-refractivity contribution >= 4 is 15.9 Å². The predicted octanol–water partition coefficient (Wildman–Crippen LogP) is 3.78. The Labute approximate surface area is 106 Å². The third-order valence-corrected chi connectivity index (χ3v) is 3.19. The Hall–Kier alpha value is -0.540. The molecule has 0 aliphatic rings. The summed E-state index contributed by atoms with van der Waals surface area (Å²) in [7, 11) is 0. The van der Waals surface area contributed by atoms with Crippen molar-refractivity contribution in [1.82, 2.24) is 0 Å². The van der Waals surface area contributed by atoms with Gasteiger partial charge in [0, 0.05) is 16.6 Å². The van der Waals surface area contributed by atoms with Crippen LogP contribution in [-0.4, -0.2) is 6.10 Å². The van der Waals surface area contributed by atoms with Crippen LogP contribution >= 0.6 is 15.9 Å². The lowest BCUT2D eigenvalue weighted by Gasteiger charge is -2.20. The molecule has 0 atom stereocenters. The Morgan fingerprint density at radius 2 is 1.94 bits per heavy atom. The zero-order valence-electron chi connectivity index (χ0n) is 10.2. The van der Waals surface area contributed by atoms with Gasteiger partial charge in [0.2, 0.25) is 0 Å². The maximum atomic E-state index is 6.02. The number of ether oxygens (including phenoxy) is 1. The maximum Gasteiger partial charge on any atom is 0.127 e. The van der Waals surface area contributed by atoms with Crippen molar-refractivity contribution in [3.05, 3.63) is 27.7 Å². The second-order valence-corrected chi connectivity index (χ2v) is 4.89. The monoisotopic (exact) mass is 285 g/mol. The minimum Gasteiger partial charge on any atom is -0.490 e. The molecule has 1 aromatic rings. The first-order chi connectivity index (χ1) is 7.62. The zero-order chi connectivity index (χ0) is 12.1. The first kappa shape index (κ1) is 13.5. The number of halogens is 1. The van der Waals surface area contributed by atoms with Gasteiger partial charge in [-0.2, -0.15) is 0 Å². The Morgan fingerprint density at radius 1 is 1.31 bits per heavy atom. The number of hydrogen-bond acceptors (Lipinski definition) is 2. The smallest absolute Gasteiger partial charge is 0.127 e. The second-order valence-electron chi connectivity index (χ2n) is 3.97. The second kappa shape index (κ2) is 6.26. The Bertz CT molecular complexity index is 348. The molecule has 0 radical (unpaired) electrons. The van der Waals surface area contributed by atoms with Gasteiger partial charge in [0.1, 0.15) is 5.75 Å². The first-order valence-corrected chi connectivity index (χ1v) is 6.57. The molecule has 0 spiro atoms. The van der Waals surface area contributed by atoms with Gasteiger partial charge in [-0.3, -0.25) is 0 Å². The van der Waals surface area contributed by atoms with E-state index in [-0.39, 0.29) is 6.10 Å². The summed E-state index contributed by atoms with van der Waals surface area (Å²) in [5.41, 5.74) is 7.96. The van der Waals surface area contributed by atoms with Gasteiger partial charge in [0.25, 0.3) is 0 Å². The van der Waals surface area contributed by atoms with Crippen LogP contribution < -0.4 is 10.5 Å². The van der Waals surface area contributed by atoms with Crippen LogP contribution in [0.4, 0.5) is 0 Å². The molecule has 2 N–H and O–H groups in total. The van der Waals surface area contributed by atoms with E-state index in [1.807, 2.05) is 6.07 Å². The molecule has 0 saturated carbocycles. The van der Waals surface area contributed by atoms with E-state index < -0.39 is 0 Å². The summed E-state index contributed by atoms with van der Waals surface area (Å²) in [5, 5.41) is 0. The first-order valence-electron chi connectivity index (χ1n) is 5.78. The summed E-state index contributed by atoms with van der Waals surface area (Å²) in [6, 6.07) is 4.10. The van der Waals surface area contributed by atoms with Gasteiger partial charge in [-0.1, -0.05) is 29.8 Å². The normalized spacial score (nSPS) is 10.9. The van der Waals surface area contributed by atoms with E-state index in [1.165, 1.54) is 0 Å². The minimum absolute atomic E-state index is 0.283. The zero-order valence-corrected chi connectivity index (χ0v) is 11.8. The van der Waals surface area contributed by atoms with Crippen LogP contribution in [0.25, 0.3) is 0 Å². The lowest BCUT2D eigenvalue weighted by atomic mass is 10.1. The third-order valence-electron chi connectivity index (χ3n) is 2.73. The summed E-state index contributed by atoms with van der Waals surface area (Å²) in [6.07, 6.45) is 2.33. The molecule has 0 aliphatic heterocycles. The van der Waals surface area contributed by atoms with Crippen molar-refractivity contribution in [2.24, 2.45) is 5.73 Å². The van der Waals surface area contributed by atoms with Gasteiger partial charge in [0.15, 0.2) is 0 Å².